The topological polar surface area (TPSA) is 94.6 Å². The number of hydrogen-bond acceptors (Lipinski definition) is 7. The number of nitrogens with zero attached hydrogens (tertiary/aromatic N) is 3. The number of piperazine rings is 1. The standard InChI is InChI=1S/C36H41F3N4O5/c37-36(38,39)35(46)43-15-5-10-31(43)33(45)40-29-9-4-8-28(20-29)34-47-30(21-32(48-34)27-13-11-26(24-44)12-14-27)23-42-18-16-41(17-19-42)22-25-6-2-1-3-7-25/h1-4,6-9,11-14,20,30-32,34,44H,5,10,15-19,21-24H2,(H,40,45)/t30-,31-,32+,34+/m0/s1. The normalized spacial score (nSPS) is 24.0. The quantitative estimate of drug-likeness (QED) is 0.331. The fourth-order valence-electron chi connectivity index (χ4n) is 6.73. The number of carbonyl (C=O) groups is 2. The van der Waals surface area contributed by atoms with E-state index in [4.69, 9.17) is 9.47 Å². The summed E-state index contributed by atoms with van der Waals surface area (Å²) < 4.78 is 52.4. The Hall–Kier alpha value is -3.81. The third kappa shape index (κ3) is 8.42. The lowest BCUT2D eigenvalue weighted by Crippen LogP contribution is -2.49. The third-order valence-corrected chi connectivity index (χ3v) is 9.28. The smallest absolute Gasteiger partial charge is 0.392 e. The lowest BCUT2D eigenvalue weighted by Gasteiger charge is -2.41. The van der Waals surface area contributed by atoms with Crippen molar-refractivity contribution < 1.29 is 37.3 Å². The highest BCUT2D eigenvalue weighted by atomic mass is 19.4. The predicted octanol–water partition coefficient (Wildman–Crippen LogP) is 5.03. The molecular weight excluding hydrogens is 625 g/mol. The summed E-state index contributed by atoms with van der Waals surface area (Å²) in [5.41, 5.74) is 4.07. The van der Waals surface area contributed by atoms with Gasteiger partial charge in [-0.3, -0.25) is 19.4 Å². The number of alkyl halides is 3. The van der Waals surface area contributed by atoms with Crippen LogP contribution in [0.2, 0.25) is 0 Å². The van der Waals surface area contributed by atoms with Crippen molar-refractivity contribution in [3.8, 4) is 0 Å². The fourth-order valence-corrected chi connectivity index (χ4v) is 6.73. The summed E-state index contributed by atoms with van der Waals surface area (Å²) in [6, 6.07) is 23.8. The Kier molecular flexibility index (Phi) is 10.8. The zero-order chi connectivity index (χ0) is 33.7. The van der Waals surface area contributed by atoms with E-state index in [1.165, 1.54) is 5.56 Å². The van der Waals surface area contributed by atoms with Crippen LogP contribution in [0.15, 0.2) is 78.9 Å². The van der Waals surface area contributed by atoms with Gasteiger partial charge in [-0.2, -0.15) is 13.2 Å². The molecule has 3 fully saturated rings. The van der Waals surface area contributed by atoms with E-state index < -0.39 is 30.3 Å². The van der Waals surface area contributed by atoms with Crippen LogP contribution in [0.1, 0.15) is 53.9 Å². The molecule has 4 atom stereocenters. The Balaban J connectivity index is 1.14. The average Bonchev–Trinajstić information content (AvgIpc) is 3.59. The fraction of sp³-hybridized carbons (Fsp3) is 0.444. The summed E-state index contributed by atoms with van der Waals surface area (Å²) in [5.74, 6) is -2.67. The number of nitrogens with one attached hydrogen (secondary N) is 1. The number of aliphatic hydroxyl groups is 1. The first-order valence-corrected chi connectivity index (χ1v) is 16.4. The second-order valence-corrected chi connectivity index (χ2v) is 12.7. The van der Waals surface area contributed by atoms with Crippen LogP contribution in [0.5, 0.6) is 0 Å². The number of likely N-dealkylation sites (tertiary alicyclic amines) is 1. The van der Waals surface area contributed by atoms with Crippen molar-refractivity contribution in [2.45, 2.75) is 63.1 Å². The number of rotatable bonds is 9. The zero-order valence-electron chi connectivity index (χ0n) is 26.6. The van der Waals surface area contributed by atoms with E-state index >= 15 is 0 Å². The SMILES string of the molecule is O=C(Nc1cccc([C@@H]2O[C@H](CN3CCN(Cc4ccccc4)CC3)C[C@H](c3ccc(CO)cc3)O2)c1)[C@@H]1CCCN1C(=O)C(F)(F)F. The van der Waals surface area contributed by atoms with Crippen LogP contribution in [-0.2, 0) is 32.2 Å². The molecule has 48 heavy (non-hydrogen) atoms. The number of aliphatic hydroxyl groups excluding tert-OH is 1. The van der Waals surface area contributed by atoms with Gasteiger partial charge in [-0.1, -0.05) is 66.7 Å². The van der Waals surface area contributed by atoms with E-state index in [1.54, 1.807) is 18.2 Å². The molecule has 0 bridgehead atoms. The van der Waals surface area contributed by atoms with Crippen molar-refractivity contribution in [2.75, 3.05) is 44.6 Å². The van der Waals surface area contributed by atoms with E-state index in [2.05, 4.69) is 39.4 Å². The molecule has 0 spiro atoms. The van der Waals surface area contributed by atoms with Crippen LogP contribution in [-0.4, -0.2) is 89.2 Å². The lowest BCUT2D eigenvalue weighted by atomic mass is 9.99. The van der Waals surface area contributed by atoms with Crippen molar-refractivity contribution in [2.24, 2.45) is 0 Å². The molecule has 0 aromatic heterocycles. The first kappa shape index (κ1) is 34.1. The Labute approximate surface area is 278 Å². The van der Waals surface area contributed by atoms with Gasteiger partial charge in [-0.05, 0) is 41.7 Å². The van der Waals surface area contributed by atoms with Crippen LogP contribution in [0.3, 0.4) is 0 Å². The highest BCUT2D eigenvalue weighted by molar-refractivity contribution is 5.98. The number of amides is 2. The number of hydrogen-bond donors (Lipinski definition) is 2. The van der Waals surface area contributed by atoms with Gasteiger partial charge in [-0.25, -0.2) is 0 Å². The maximum atomic E-state index is 13.1. The Morgan fingerprint density at radius 3 is 2.27 bits per heavy atom. The van der Waals surface area contributed by atoms with E-state index in [9.17, 15) is 27.9 Å². The Bertz CT molecular complexity index is 1530. The molecule has 2 amide bonds. The number of ether oxygens (including phenoxy) is 2. The molecule has 3 saturated heterocycles. The van der Waals surface area contributed by atoms with Gasteiger partial charge < -0.3 is 24.8 Å². The summed E-state index contributed by atoms with van der Waals surface area (Å²) in [6.45, 7) is 5.16. The van der Waals surface area contributed by atoms with E-state index in [0.717, 1.165) is 43.9 Å². The summed E-state index contributed by atoms with van der Waals surface area (Å²) in [6.07, 6.45) is -5.17. The van der Waals surface area contributed by atoms with E-state index in [-0.39, 0.29) is 31.8 Å². The molecule has 0 saturated carbocycles. The minimum atomic E-state index is -5.04. The van der Waals surface area contributed by atoms with Crippen LogP contribution in [0.25, 0.3) is 0 Å². The predicted molar refractivity (Wildman–Crippen MR) is 172 cm³/mol. The summed E-state index contributed by atoms with van der Waals surface area (Å²) in [7, 11) is 0. The number of halogens is 3. The number of anilines is 1. The molecule has 12 heteroatoms. The molecule has 3 aromatic rings. The number of carbonyl (C=O) groups excluding carboxylic acids is 2. The number of benzene rings is 3. The first-order valence-electron chi connectivity index (χ1n) is 16.4. The maximum absolute atomic E-state index is 13.1. The molecule has 3 aliphatic rings. The van der Waals surface area contributed by atoms with Crippen molar-refractivity contribution in [1.29, 1.82) is 0 Å². The van der Waals surface area contributed by atoms with Crippen LogP contribution in [0.4, 0.5) is 18.9 Å². The highest BCUT2D eigenvalue weighted by Gasteiger charge is 2.47. The average molecular weight is 667 g/mol. The lowest BCUT2D eigenvalue weighted by molar-refractivity contribution is -0.253. The molecule has 3 heterocycles. The Morgan fingerprint density at radius 2 is 1.56 bits per heavy atom. The molecule has 6 rings (SSSR count). The largest absolute Gasteiger partial charge is 0.471 e. The second-order valence-electron chi connectivity index (χ2n) is 12.7. The summed E-state index contributed by atoms with van der Waals surface area (Å²) in [5, 5.41) is 12.2. The maximum Gasteiger partial charge on any atom is 0.471 e. The molecule has 0 unspecified atom stereocenters. The van der Waals surface area contributed by atoms with Crippen molar-refractivity contribution in [3.63, 3.8) is 0 Å². The molecule has 3 aromatic carbocycles. The van der Waals surface area contributed by atoms with E-state index in [0.29, 0.717) is 35.5 Å². The van der Waals surface area contributed by atoms with Gasteiger partial charge in [0.2, 0.25) is 5.91 Å². The molecule has 256 valence electrons. The summed E-state index contributed by atoms with van der Waals surface area (Å²) in [4.78, 5) is 30.4. The van der Waals surface area contributed by atoms with Gasteiger partial charge in [-0.15, -0.1) is 0 Å². The minimum absolute atomic E-state index is 0.0576. The zero-order valence-corrected chi connectivity index (χ0v) is 26.6. The first-order chi connectivity index (χ1) is 23.2. The molecule has 0 aliphatic carbocycles. The second kappa shape index (κ2) is 15.2. The van der Waals surface area contributed by atoms with Crippen LogP contribution < -0.4 is 5.32 Å². The monoisotopic (exact) mass is 666 g/mol. The minimum Gasteiger partial charge on any atom is -0.392 e. The third-order valence-electron chi connectivity index (χ3n) is 9.28. The molecular formula is C36H41F3N4O5. The molecule has 3 aliphatic heterocycles. The van der Waals surface area contributed by atoms with Gasteiger partial charge in [0.05, 0.1) is 18.8 Å². The molecule has 9 nitrogen and oxygen atoms in total. The van der Waals surface area contributed by atoms with Gasteiger partial charge in [0.25, 0.3) is 0 Å². The molecule has 0 radical (unpaired) electrons. The van der Waals surface area contributed by atoms with Crippen LogP contribution >= 0.6 is 0 Å². The van der Waals surface area contributed by atoms with Gasteiger partial charge in [0, 0.05) is 63.5 Å². The van der Waals surface area contributed by atoms with Gasteiger partial charge in [0.15, 0.2) is 6.29 Å². The van der Waals surface area contributed by atoms with E-state index in [1.807, 2.05) is 36.4 Å². The summed E-state index contributed by atoms with van der Waals surface area (Å²) >= 11 is 0. The highest BCUT2D eigenvalue weighted by Crippen LogP contribution is 2.39. The van der Waals surface area contributed by atoms with Gasteiger partial charge in [0.1, 0.15) is 6.04 Å². The van der Waals surface area contributed by atoms with Crippen LogP contribution in [0, 0.1) is 0 Å². The van der Waals surface area contributed by atoms with Crippen molar-refractivity contribution >= 4 is 17.5 Å². The molecule has 2 N–H and O–H groups in total. The van der Waals surface area contributed by atoms with Crippen molar-refractivity contribution in [3.05, 3.63) is 101 Å². The van der Waals surface area contributed by atoms with Gasteiger partial charge >= 0.3 is 12.1 Å². The Morgan fingerprint density at radius 1 is 0.833 bits per heavy atom. The van der Waals surface area contributed by atoms with Crippen molar-refractivity contribution in [1.82, 2.24) is 14.7 Å².